The Labute approximate surface area is 163 Å². The molecule has 144 valence electrons. The second kappa shape index (κ2) is 8.96. The Hall–Kier alpha value is -3.45. The Balaban J connectivity index is 1.90. The average Bonchev–Trinajstić information content (AvgIpc) is 2.69. The first-order valence-electron chi connectivity index (χ1n) is 8.97. The first-order valence-corrected chi connectivity index (χ1v) is 8.97. The summed E-state index contributed by atoms with van der Waals surface area (Å²) in [5.41, 5.74) is 10.2. The molecule has 7 nitrogen and oxygen atoms in total. The molecular weight excluding hydrogens is 356 g/mol. The lowest BCUT2D eigenvalue weighted by Gasteiger charge is -2.15. The summed E-state index contributed by atoms with van der Waals surface area (Å²) in [4.78, 5) is 10.8. The van der Waals surface area contributed by atoms with Crippen molar-refractivity contribution < 1.29 is 14.6 Å². The fraction of sp³-hybridized carbons (Fsp3) is 0.190. The molecule has 0 unspecified atom stereocenters. The number of nitrogens with zero attached hydrogens (tertiary/aromatic N) is 2. The lowest BCUT2D eigenvalue weighted by Crippen LogP contribution is -2.16. The maximum absolute atomic E-state index is 10.8. The molecule has 28 heavy (non-hydrogen) atoms. The standard InChI is InChI=1S/C21H22N4O3/c1-2-28-20-17(15-8-10-16(11-9-15)23-21(26)27)13-19(24-25-20)18(22)12-14-6-4-3-5-7-14/h3-11,13,18,23H,2,12,22H2,1H3,(H,26,27)/t18-/m0/s1. The number of amides is 1. The molecule has 0 saturated carbocycles. The van der Waals surface area contributed by atoms with Crippen molar-refractivity contribution in [3.63, 3.8) is 0 Å². The topological polar surface area (TPSA) is 110 Å². The largest absolute Gasteiger partial charge is 0.476 e. The highest BCUT2D eigenvalue weighted by molar-refractivity contribution is 5.83. The van der Waals surface area contributed by atoms with Gasteiger partial charge in [-0.15, -0.1) is 5.10 Å². The highest BCUT2D eigenvalue weighted by atomic mass is 16.5. The predicted molar refractivity (Wildman–Crippen MR) is 107 cm³/mol. The van der Waals surface area contributed by atoms with Gasteiger partial charge in [-0.1, -0.05) is 42.5 Å². The van der Waals surface area contributed by atoms with Gasteiger partial charge in [0.15, 0.2) is 0 Å². The molecular formula is C21H22N4O3. The molecule has 3 rings (SSSR count). The van der Waals surface area contributed by atoms with Gasteiger partial charge in [-0.05, 0) is 42.7 Å². The zero-order valence-corrected chi connectivity index (χ0v) is 15.5. The van der Waals surface area contributed by atoms with Gasteiger partial charge in [0.25, 0.3) is 0 Å². The molecule has 0 aliphatic heterocycles. The number of benzene rings is 2. The number of rotatable bonds is 7. The fourth-order valence-corrected chi connectivity index (χ4v) is 2.86. The summed E-state index contributed by atoms with van der Waals surface area (Å²) in [6.45, 7) is 2.33. The summed E-state index contributed by atoms with van der Waals surface area (Å²) >= 11 is 0. The molecule has 1 amide bonds. The van der Waals surface area contributed by atoms with E-state index in [4.69, 9.17) is 15.6 Å². The molecule has 2 aromatic carbocycles. The van der Waals surface area contributed by atoms with Crippen LogP contribution in [0.15, 0.2) is 60.7 Å². The van der Waals surface area contributed by atoms with Crippen LogP contribution in [0.5, 0.6) is 5.88 Å². The molecule has 0 fully saturated rings. The van der Waals surface area contributed by atoms with E-state index in [2.05, 4.69) is 15.5 Å². The summed E-state index contributed by atoms with van der Waals surface area (Å²) in [7, 11) is 0. The van der Waals surface area contributed by atoms with Crippen molar-refractivity contribution in [3.05, 3.63) is 71.9 Å². The van der Waals surface area contributed by atoms with Crippen LogP contribution in [0.3, 0.4) is 0 Å². The number of hydrogen-bond acceptors (Lipinski definition) is 5. The number of carbonyl (C=O) groups is 1. The number of hydrogen-bond donors (Lipinski definition) is 3. The zero-order chi connectivity index (χ0) is 19.9. The number of anilines is 1. The van der Waals surface area contributed by atoms with Crippen LogP contribution in [0, 0.1) is 0 Å². The van der Waals surface area contributed by atoms with Gasteiger partial charge in [0.1, 0.15) is 0 Å². The molecule has 7 heteroatoms. The molecule has 3 aromatic rings. The summed E-state index contributed by atoms with van der Waals surface area (Å²) < 4.78 is 5.62. The normalized spacial score (nSPS) is 11.6. The molecule has 1 atom stereocenters. The van der Waals surface area contributed by atoms with Crippen LogP contribution in [0.1, 0.15) is 24.2 Å². The molecule has 1 heterocycles. The van der Waals surface area contributed by atoms with E-state index >= 15 is 0 Å². The van der Waals surface area contributed by atoms with E-state index in [0.29, 0.717) is 30.3 Å². The van der Waals surface area contributed by atoms with Crippen molar-refractivity contribution in [2.24, 2.45) is 5.73 Å². The third-order valence-corrected chi connectivity index (χ3v) is 4.19. The molecule has 0 aliphatic rings. The lowest BCUT2D eigenvalue weighted by molar-refractivity contribution is 0.209. The van der Waals surface area contributed by atoms with Crippen LogP contribution in [-0.4, -0.2) is 28.0 Å². The van der Waals surface area contributed by atoms with Gasteiger partial charge in [0.05, 0.1) is 18.3 Å². The first kappa shape index (κ1) is 19.3. The van der Waals surface area contributed by atoms with E-state index < -0.39 is 6.09 Å². The van der Waals surface area contributed by atoms with Crippen LogP contribution < -0.4 is 15.8 Å². The average molecular weight is 378 g/mol. The van der Waals surface area contributed by atoms with Crippen molar-refractivity contribution in [3.8, 4) is 17.0 Å². The Morgan fingerprint density at radius 3 is 2.50 bits per heavy atom. The lowest BCUT2D eigenvalue weighted by atomic mass is 10.0. The van der Waals surface area contributed by atoms with E-state index in [1.807, 2.05) is 43.3 Å². The highest BCUT2D eigenvalue weighted by Crippen LogP contribution is 2.30. The minimum atomic E-state index is -1.11. The number of aromatic nitrogens is 2. The van der Waals surface area contributed by atoms with Crippen LogP contribution in [-0.2, 0) is 6.42 Å². The Morgan fingerprint density at radius 2 is 1.86 bits per heavy atom. The maximum Gasteiger partial charge on any atom is 0.409 e. The smallest absolute Gasteiger partial charge is 0.409 e. The van der Waals surface area contributed by atoms with Gasteiger partial charge in [0, 0.05) is 11.3 Å². The molecule has 0 radical (unpaired) electrons. The van der Waals surface area contributed by atoms with E-state index in [1.165, 1.54) is 0 Å². The number of nitrogens with two attached hydrogens (primary N) is 1. The summed E-state index contributed by atoms with van der Waals surface area (Å²) in [5, 5.41) is 19.6. The van der Waals surface area contributed by atoms with E-state index in [-0.39, 0.29) is 6.04 Å². The Kier molecular flexibility index (Phi) is 6.18. The van der Waals surface area contributed by atoms with Crippen LogP contribution >= 0.6 is 0 Å². The number of ether oxygens (including phenoxy) is 1. The molecule has 0 aliphatic carbocycles. The quantitative estimate of drug-likeness (QED) is 0.575. The van der Waals surface area contributed by atoms with Crippen LogP contribution in [0.2, 0.25) is 0 Å². The maximum atomic E-state index is 10.8. The third kappa shape index (κ3) is 4.83. The van der Waals surface area contributed by atoms with Crippen molar-refractivity contribution in [1.29, 1.82) is 0 Å². The Morgan fingerprint density at radius 1 is 1.14 bits per heavy atom. The molecule has 4 N–H and O–H groups in total. The van der Waals surface area contributed by atoms with Gasteiger partial charge in [-0.3, -0.25) is 5.32 Å². The van der Waals surface area contributed by atoms with Crippen LogP contribution in [0.25, 0.3) is 11.1 Å². The van der Waals surface area contributed by atoms with Crippen LogP contribution in [0.4, 0.5) is 10.5 Å². The zero-order valence-electron chi connectivity index (χ0n) is 15.5. The van der Waals surface area contributed by atoms with E-state index in [9.17, 15) is 4.79 Å². The van der Waals surface area contributed by atoms with E-state index in [0.717, 1.165) is 16.7 Å². The van der Waals surface area contributed by atoms with Crippen molar-refractivity contribution in [1.82, 2.24) is 10.2 Å². The van der Waals surface area contributed by atoms with E-state index in [1.54, 1.807) is 24.3 Å². The summed E-state index contributed by atoms with van der Waals surface area (Å²) in [6, 6.07) is 18.5. The fourth-order valence-electron chi connectivity index (χ4n) is 2.86. The third-order valence-electron chi connectivity index (χ3n) is 4.19. The second-order valence-electron chi connectivity index (χ2n) is 6.22. The number of nitrogens with one attached hydrogen (secondary N) is 1. The SMILES string of the molecule is CCOc1nnc([C@@H](N)Cc2ccccc2)cc1-c1ccc(NC(=O)O)cc1. The predicted octanol–water partition coefficient (Wildman–Crippen LogP) is 3.87. The summed E-state index contributed by atoms with van der Waals surface area (Å²) in [6.07, 6.45) is -0.466. The van der Waals surface area contributed by atoms with Gasteiger partial charge in [-0.25, -0.2) is 4.79 Å². The van der Waals surface area contributed by atoms with Gasteiger partial charge in [0.2, 0.25) is 5.88 Å². The number of carboxylic acid groups (broad SMARTS) is 1. The molecule has 0 saturated heterocycles. The minimum Gasteiger partial charge on any atom is -0.476 e. The molecule has 1 aromatic heterocycles. The monoisotopic (exact) mass is 378 g/mol. The second-order valence-corrected chi connectivity index (χ2v) is 6.22. The van der Waals surface area contributed by atoms with Gasteiger partial charge < -0.3 is 15.6 Å². The van der Waals surface area contributed by atoms with Gasteiger partial charge >= 0.3 is 6.09 Å². The first-order chi connectivity index (χ1) is 13.6. The van der Waals surface area contributed by atoms with Gasteiger partial charge in [-0.2, -0.15) is 5.10 Å². The van der Waals surface area contributed by atoms with Crippen molar-refractivity contribution in [2.45, 2.75) is 19.4 Å². The highest BCUT2D eigenvalue weighted by Gasteiger charge is 2.15. The molecule has 0 spiro atoms. The summed E-state index contributed by atoms with van der Waals surface area (Å²) in [5.74, 6) is 0.414. The van der Waals surface area contributed by atoms with Crippen molar-refractivity contribution in [2.75, 3.05) is 11.9 Å². The molecule has 0 bridgehead atoms. The minimum absolute atomic E-state index is 0.308. The van der Waals surface area contributed by atoms with Crippen molar-refractivity contribution >= 4 is 11.8 Å². The Bertz CT molecular complexity index is 930.